The fourth-order valence-corrected chi connectivity index (χ4v) is 1.73. The number of carboxylic acid groups (broad SMARTS) is 1. The highest BCUT2D eigenvalue weighted by atomic mass is 16.5. The molecule has 18 heavy (non-hydrogen) atoms. The number of hydrogen-bond donors (Lipinski definition) is 2. The van der Waals surface area contributed by atoms with Crippen molar-refractivity contribution in [3.63, 3.8) is 0 Å². The van der Waals surface area contributed by atoms with E-state index in [0.29, 0.717) is 12.2 Å². The lowest BCUT2D eigenvalue weighted by molar-refractivity contribution is -0.145. The summed E-state index contributed by atoms with van der Waals surface area (Å²) in [5.74, 6) is -0.334. The zero-order valence-corrected chi connectivity index (χ0v) is 11.1. The van der Waals surface area contributed by atoms with Crippen LogP contribution >= 0.6 is 0 Å². The first-order valence-electron chi connectivity index (χ1n) is 6.31. The molecule has 0 saturated heterocycles. The van der Waals surface area contributed by atoms with Crippen molar-refractivity contribution < 1.29 is 14.6 Å². The van der Waals surface area contributed by atoms with Crippen LogP contribution in [-0.2, 0) is 4.79 Å². The van der Waals surface area contributed by atoms with Gasteiger partial charge in [0, 0.05) is 6.04 Å². The Labute approximate surface area is 108 Å². The number of carbonyl (C=O) groups is 1. The minimum atomic E-state index is -0.928. The van der Waals surface area contributed by atoms with E-state index in [4.69, 9.17) is 9.84 Å². The summed E-state index contributed by atoms with van der Waals surface area (Å²) in [4.78, 5) is 10.9. The summed E-state index contributed by atoms with van der Waals surface area (Å²) in [6, 6.07) is 7.82. The van der Waals surface area contributed by atoms with E-state index < -0.39 is 12.1 Å². The van der Waals surface area contributed by atoms with E-state index in [-0.39, 0.29) is 6.04 Å². The molecule has 4 heteroatoms. The molecular formula is C14H21NO3. The molecule has 0 saturated carbocycles. The predicted molar refractivity (Wildman–Crippen MR) is 70.9 cm³/mol. The van der Waals surface area contributed by atoms with Crippen LogP contribution in [0.15, 0.2) is 24.3 Å². The van der Waals surface area contributed by atoms with Gasteiger partial charge in [-0.05, 0) is 37.6 Å². The van der Waals surface area contributed by atoms with Gasteiger partial charge in [0.15, 0.2) is 6.10 Å². The van der Waals surface area contributed by atoms with E-state index in [9.17, 15) is 4.79 Å². The lowest BCUT2D eigenvalue weighted by Crippen LogP contribution is -2.25. The van der Waals surface area contributed by atoms with Gasteiger partial charge in [-0.1, -0.05) is 26.0 Å². The average Bonchev–Trinajstić information content (AvgIpc) is 2.36. The second kappa shape index (κ2) is 7.01. The Morgan fingerprint density at radius 2 is 1.94 bits per heavy atom. The Morgan fingerprint density at radius 3 is 2.39 bits per heavy atom. The van der Waals surface area contributed by atoms with E-state index in [1.54, 1.807) is 6.92 Å². The van der Waals surface area contributed by atoms with Crippen LogP contribution in [0.25, 0.3) is 0 Å². The number of benzene rings is 1. The molecule has 2 atom stereocenters. The third kappa shape index (κ3) is 4.04. The van der Waals surface area contributed by atoms with Crippen LogP contribution in [0.1, 0.15) is 38.8 Å². The molecule has 1 rings (SSSR count). The Balaban J connectivity index is 2.67. The zero-order chi connectivity index (χ0) is 13.5. The topological polar surface area (TPSA) is 58.6 Å². The molecule has 0 aliphatic rings. The van der Waals surface area contributed by atoms with E-state index in [1.165, 1.54) is 0 Å². The number of rotatable bonds is 7. The van der Waals surface area contributed by atoms with E-state index in [1.807, 2.05) is 24.3 Å². The largest absolute Gasteiger partial charge is 0.479 e. The maximum Gasteiger partial charge on any atom is 0.344 e. The van der Waals surface area contributed by atoms with Crippen molar-refractivity contribution >= 4 is 5.97 Å². The van der Waals surface area contributed by atoms with Crippen molar-refractivity contribution in [2.45, 2.75) is 39.3 Å². The van der Waals surface area contributed by atoms with Gasteiger partial charge >= 0.3 is 5.97 Å². The molecule has 0 bridgehead atoms. The Morgan fingerprint density at radius 1 is 1.33 bits per heavy atom. The molecule has 0 aromatic heterocycles. The van der Waals surface area contributed by atoms with Gasteiger partial charge in [0.2, 0.25) is 0 Å². The lowest BCUT2D eigenvalue weighted by Gasteiger charge is -2.15. The Kier molecular flexibility index (Phi) is 5.65. The van der Waals surface area contributed by atoms with Gasteiger partial charge in [0.1, 0.15) is 5.75 Å². The Bertz CT molecular complexity index is 375. The highest BCUT2D eigenvalue weighted by molar-refractivity contribution is 5.72. The fourth-order valence-electron chi connectivity index (χ4n) is 1.73. The summed E-state index contributed by atoms with van der Waals surface area (Å²) >= 11 is 0. The van der Waals surface area contributed by atoms with Gasteiger partial charge in [0.05, 0.1) is 0 Å². The van der Waals surface area contributed by atoms with Crippen molar-refractivity contribution in [3.8, 4) is 5.75 Å². The molecule has 0 aliphatic heterocycles. The zero-order valence-electron chi connectivity index (χ0n) is 11.1. The molecule has 1 aromatic rings. The second-order valence-electron chi connectivity index (χ2n) is 4.20. The lowest BCUT2D eigenvalue weighted by atomic mass is 10.1. The van der Waals surface area contributed by atoms with Crippen molar-refractivity contribution in [2.24, 2.45) is 0 Å². The minimum Gasteiger partial charge on any atom is -0.479 e. The van der Waals surface area contributed by atoms with Crippen LogP contribution in [0, 0.1) is 0 Å². The number of carboxylic acids is 1. The summed E-state index contributed by atoms with van der Waals surface area (Å²) in [6.07, 6.45) is -0.327. The summed E-state index contributed by atoms with van der Waals surface area (Å²) in [7, 11) is 0. The van der Waals surface area contributed by atoms with Crippen molar-refractivity contribution in [1.29, 1.82) is 0 Å². The maximum atomic E-state index is 10.9. The number of ether oxygens (including phenoxy) is 1. The third-order valence-corrected chi connectivity index (χ3v) is 2.81. The first kappa shape index (κ1) is 14.5. The first-order chi connectivity index (χ1) is 8.58. The van der Waals surface area contributed by atoms with Crippen LogP contribution < -0.4 is 10.1 Å². The van der Waals surface area contributed by atoms with Crippen molar-refractivity contribution in [1.82, 2.24) is 5.32 Å². The van der Waals surface area contributed by atoms with Gasteiger partial charge in [0.25, 0.3) is 0 Å². The molecule has 0 radical (unpaired) electrons. The van der Waals surface area contributed by atoms with Gasteiger partial charge < -0.3 is 15.2 Å². The van der Waals surface area contributed by atoms with E-state index >= 15 is 0 Å². The summed E-state index contributed by atoms with van der Waals surface area (Å²) in [5.41, 5.74) is 1.16. The monoisotopic (exact) mass is 251 g/mol. The van der Waals surface area contributed by atoms with Gasteiger partial charge in [-0.3, -0.25) is 0 Å². The second-order valence-corrected chi connectivity index (χ2v) is 4.20. The Hall–Kier alpha value is -1.55. The maximum absolute atomic E-state index is 10.9. The molecule has 2 unspecified atom stereocenters. The number of hydrogen-bond acceptors (Lipinski definition) is 3. The smallest absolute Gasteiger partial charge is 0.344 e. The quantitative estimate of drug-likeness (QED) is 0.782. The summed E-state index contributed by atoms with van der Waals surface area (Å²) in [5, 5.41) is 12.2. The standard InChI is InChI=1S/C14H21NO3/c1-4-13(14(16)17)18-12-8-6-11(7-9-12)10(3)15-5-2/h6-10,13,15H,4-5H2,1-3H3,(H,16,17). The molecule has 100 valence electrons. The molecule has 2 N–H and O–H groups in total. The van der Waals surface area contributed by atoms with Crippen molar-refractivity contribution in [3.05, 3.63) is 29.8 Å². The number of aliphatic carboxylic acids is 1. The number of nitrogens with one attached hydrogen (secondary N) is 1. The summed E-state index contributed by atoms with van der Waals surface area (Å²) < 4.78 is 5.40. The van der Waals surface area contributed by atoms with Gasteiger partial charge in [-0.15, -0.1) is 0 Å². The first-order valence-corrected chi connectivity index (χ1v) is 6.31. The fraction of sp³-hybridized carbons (Fsp3) is 0.500. The highest BCUT2D eigenvalue weighted by Gasteiger charge is 2.16. The predicted octanol–water partition coefficient (Wildman–Crippen LogP) is 2.60. The van der Waals surface area contributed by atoms with Crippen molar-refractivity contribution in [2.75, 3.05) is 6.54 Å². The molecule has 0 spiro atoms. The molecule has 1 aromatic carbocycles. The van der Waals surface area contributed by atoms with Crippen LogP contribution in [0.4, 0.5) is 0 Å². The molecule has 0 aliphatic carbocycles. The minimum absolute atomic E-state index is 0.283. The average molecular weight is 251 g/mol. The summed E-state index contributed by atoms with van der Waals surface area (Å²) in [6.45, 7) is 6.86. The third-order valence-electron chi connectivity index (χ3n) is 2.81. The van der Waals surface area contributed by atoms with Crippen LogP contribution in [0.5, 0.6) is 5.75 Å². The van der Waals surface area contributed by atoms with Gasteiger partial charge in [-0.2, -0.15) is 0 Å². The normalized spacial score (nSPS) is 13.9. The van der Waals surface area contributed by atoms with E-state index in [0.717, 1.165) is 12.1 Å². The molecule has 4 nitrogen and oxygen atoms in total. The van der Waals surface area contributed by atoms with Gasteiger partial charge in [-0.25, -0.2) is 4.79 Å². The van der Waals surface area contributed by atoms with E-state index in [2.05, 4.69) is 19.2 Å². The molecular weight excluding hydrogens is 230 g/mol. The SMILES string of the molecule is CCNC(C)c1ccc(OC(CC)C(=O)O)cc1. The van der Waals surface area contributed by atoms with Crippen LogP contribution in [0.2, 0.25) is 0 Å². The van der Waals surface area contributed by atoms with Crippen LogP contribution in [-0.4, -0.2) is 23.7 Å². The molecule has 0 fully saturated rings. The molecule has 0 amide bonds. The molecule has 0 heterocycles. The van der Waals surface area contributed by atoms with Crippen LogP contribution in [0.3, 0.4) is 0 Å². The highest BCUT2D eigenvalue weighted by Crippen LogP contribution is 2.19.